The molecule has 4 nitrogen and oxygen atoms in total. The largest absolute Gasteiger partial charge is 0.383 e. The Hall–Kier alpha value is -0.490. The van der Waals surface area contributed by atoms with Crippen LogP contribution in [0.1, 0.15) is 24.0 Å². The second kappa shape index (κ2) is 6.79. The molecule has 1 aromatic rings. The quantitative estimate of drug-likeness (QED) is 0.778. The van der Waals surface area contributed by atoms with Crippen LogP contribution in [0.5, 0.6) is 0 Å². The normalized spacial score (nSPS) is 27.0. The molecule has 0 amide bonds. The molecule has 0 saturated carbocycles. The van der Waals surface area contributed by atoms with Gasteiger partial charge in [0.05, 0.1) is 23.4 Å². The lowest BCUT2D eigenvalue weighted by Crippen LogP contribution is -2.42. The number of nitrogens with zero attached hydrogens (tertiary/aromatic N) is 1. The van der Waals surface area contributed by atoms with Crippen molar-refractivity contribution >= 4 is 11.3 Å². The maximum atomic E-state index is 5.81. The highest BCUT2D eigenvalue weighted by atomic mass is 32.1. The van der Waals surface area contributed by atoms with Crippen LogP contribution in [-0.2, 0) is 15.9 Å². The van der Waals surface area contributed by atoms with Crippen LogP contribution in [0.4, 0.5) is 0 Å². The van der Waals surface area contributed by atoms with Crippen molar-refractivity contribution in [1.29, 1.82) is 0 Å². The van der Waals surface area contributed by atoms with E-state index in [-0.39, 0.29) is 11.5 Å². The first-order valence-corrected chi connectivity index (χ1v) is 7.76. The van der Waals surface area contributed by atoms with E-state index < -0.39 is 0 Å². The van der Waals surface area contributed by atoms with Gasteiger partial charge >= 0.3 is 0 Å². The zero-order valence-corrected chi connectivity index (χ0v) is 12.9. The molecule has 0 spiro atoms. The average Bonchev–Trinajstić information content (AvgIpc) is 2.94. The van der Waals surface area contributed by atoms with Crippen LogP contribution < -0.4 is 5.32 Å². The molecular formula is C14H24N2O2S. The van der Waals surface area contributed by atoms with Gasteiger partial charge in [-0.1, -0.05) is 0 Å². The molecule has 1 fully saturated rings. The van der Waals surface area contributed by atoms with Crippen LogP contribution in [0.2, 0.25) is 0 Å². The highest BCUT2D eigenvalue weighted by Crippen LogP contribution is 2.37. The average molecular weight is 284 g/mol. The summed E-state index contributed by atoms with van der Waals surface area (Å²) in [4.78, 5) is 4.61. The molecule has 0 aromatic carbocycles. The third kappa shape index (κ3) is 3.75. The van der Waals surface area contributed by atoms with E-state index in [2.05, 4.69) is 29.5 Å². The van der Waals surface area contributed by atoms with E-state index in [1.165, 1.54) is 5.69 Å². The lowest BCUT2D eigenvalue weighted by Gasteiger charge is -2.32. The van der Waals surface area contributed by atoms with Crippen LogP contribution in [-0.4, -0.2) is 44.5 Å². The third-order valence-corrected chi connectivity index (χ3v) is 4.81. The van der Waals surface area contributed by atoms with E-state index in [9.17, 15) is 0 Å². The van der Waals surface area contributed by atoms with Crippen LogP contribution in [0, 0.1) is 12.3 Å². The first kappa shape index (κ1) is 14.9. The van der Waals surface area contributed by atoms with Crippen LogP contribution in [0.25, 0.3) is 0 Å². The van der Waals surface area contributed by atoms with Crippen molar-refractivity contribution in [1.82, 2.24) is 10.3 Å². The summed E-state index contributed by atoms with van der Waals surface area (Å²) in [6, 6.07) is 0. The number of ether oxygens (including phenoxy) is 2. The highest BCUT2D eigenvalue weighted by Gasteiger charge is 2.41. The molecule has 1 saturated heterocycles. The minimum Gasteiger partial charge on any atom is -0.383 e. The van der Waals surface area contributed by atoms with Crippen LogP contribution >= 0.6 is 11.3 Å². The van der Waals surface area contributed by atoms with Crippen molar-refractivity contribution < 1.29 is 9.47 Å². The van der Waals surface area contributed by atoms with Gasteiger partial charge in [0, 0.05) is 37.6 Å². The number of rotatable bonds is 7. The zero-order valence-electron chi connectivity index (χ0n) is 12.1. The van der Waals surface area contributed by atoms with Crippen LogP contribution in [0.15, 0.2) is 5.38 Å². The van der Waals surface area contributed by atoms with Crippen molar-refractivity contribution in [2.24, 2.45) is 5.41 Å². The Morgan fingerprint density at radius 3 is 3.05 bits per heavy atom. The van der Waals surface area contributed by atoms with E-state index in [4.69, 9.17) is 9.47 Å². The van der Waals surface area contributed by atoms with E-state index >= 15 is 0 Å². The minimum absolute atomic E-state index is 0.175. The number of methoxy groups -OCH3 is 1. The fourth-order valence-corrected chi connectivity index (χ4v) is 3.32. The smallest absolute Gasteiger partial charge is 0.0897 e. The molecule has 2 unspecified atom stereocenters. The number of aryl methyl sites for hydroxylation is 1. The Morgan fingerprint density at radius 2 is 2.47 bits per heavy atom. The van der Waals surface area contributed by atoms with Crippen molar-refractivity contribution in [2.75, 3.05) is 33.4 Å². The molecule has 2 heterocycles. The topological polar surface area (TPSA) is 43.4 Å². The fraction of sp³-hybridized carbons (Fsp3) is 0.786. The summed E-state index contributed by atoms with van der Waals surface area (Å²) in [5.41, 5.74) is 1.38. The molecule has 1 N–H and O–H groups in total. The molecule has 108 valence electrons. The van der Waals surface area contributed by atoms with Gasteiger partial charge < -0.3 is 14.8 Å². The Morgan fingerprint density at radius 1 is 1.63 bits per heavy atom. The second-order valence-electron chi connectivity index (χ2n) is 5.33. The van der Waals surface area contributed by atoms with Crippen molar-refractivity contribution in [3.63, 3.8) is 0 Å². The van der Waals surface area contributed by atoms with Gasteiger partial charge in [0.25, 0.3) is 0 Å². The molecule has 19 heavy (non-hydrogen) atoms. The van der Waals surface area contributed by atoms with Gasteiger partial charge in [-0.25, -0.2) is 4.98 Å². The van der Waals surface area contributed by atoms with E-state index in [1.807, 2.05) is 0 Å². The SMILES string of the molecule is COCCNCC1(Cc2csc(C)n2)CCOC1C. The van der Waals surface area contributed by atoms with E-state index in [1.54, 1.807) is 18.4 Å². The molecule has 2 rings (SSSR count). The number of thiazole rings is 1. The highest BCUT2D eigenvalue weighted by molar-refractivity contribution is 7.09. The van der Waals surface area contributed by atoms with E-state index in [0.717, 1.165) is 44.2 Å². The Bertz CT molecular complexity index is 397. The predicted octanol–water partition coefficient (Wildman–Crippen LogP) is 2.03. The number of aromatic nitrogens is 1. The molecule has 1 aromatic heterocycles. The maximum absolute atomic E-state index is 5.81. The van der Waals surface area contributed by atoms with Gasteiger partial charge in [-0.05, 0) is 26.7 Å². The van der Waals surface area contributed by atoms with Crippen LogP contribution in [0.3, 0.4) is 0 Å². The number of hydrogen-bond acceptors (Lipinski definition) is 5. The molecule has 5 heteroatoms. The lowest BCUT2D eigenvalue weighted by atomic mass is 9.77. The van der Waals surface area contributed by atoms with Gasteiger partial charge in [0.15, 0.2) is 0 Å². The molecule has 1 aliphatic rings. The molecule has 0 bridgehead atoms. The molecular weight excluding hydrogens is 260 g/mol. The van der Waals surface area contributed by atoms with Gasteiger partial charge in [-0.15, -0.1) is 11.3 Å². The number of hydrogen-bond donors (Lipinski definition) is 1. The first-order chi connectivity index (χ1) is 9.16. The fourth-order valence-electron chi connectivity index (χ4n) is 2.71. The number of nitrogens with one attached hydrogen (secondary N) is 1. The van der Waals surface area contributed by atoms with Crippen molar-refractivity contribution in [2.45, 2.75) is 32.8 Å². The predicted molar refractivity (Wildman–Crippen MR) is 77.8 cm³/mol. The summed E-state index contributed by atoms with van der Waals surface area (Å²) in [5, 5.41) is 6.82. The second-order valence-corrected chi connectivity index (χ2v) is 6.39. The third-order valence-electron chi connectivity index (χ3n) is 3.99. The monoisotopic (exact) mass is 284 g/mol. The standard InChI is InChI=1S/C14H24N2O2S/c1-11-14(4-6-18-11,10-15-5-7-17-3)8-13-9-19-12(2)16-13/h9,11,15H,4-8,10H2,1-3H3. The summed E-state index contributed by atoms with van der Waals surface area (Å²) in [6.07, 6.45) is 2.38. The van der Waals surface area contributed by atoms with Crippen molar-refractivity contribution in [3.05, 3.63) is 16.1 Å². The first-order valence-electron chi connectivity index (χ1n) is 6.88. The lowest BCUT2D eigenvalue weighted by molar-refractivity contribution is 0.0615. The van der Waals surface area contributed by atoms with E-state index in [0.29, 0.717) is 0 Å². The summed E-state index contributed by atoms with van der Waals surface area (Å²) in [5.74, 6) is 0. The maximum Gasteiger partial charge on any atom is 0.0897 e. The minimum atomic E-state index is 0.175. The molecule has 1 aliphatic heterocycles. The molecule has 0 aliphatic carbocycles. The van der Waals surface area contributed by atoms with Gasteiger partial charge in [0.2, 0.25) is 0 Å². The Balaban J connectivity index is 1.98. The summed E-state index contributed by atoms with van der Waals surface area (Å²) >= 11 is 1.73. The van der Waals surface area contributed by atoms with Gasteiger partial charge in [0.1, 0.15) is 0 Å². The summed E-state index contributed by atoms with van der Waals surface area (Å²) < 4.78 is 10.9. The zero-order chi connectivity index (χ0) is 13.7. The molecule has 2 atom stereocenters. The summed E-state index contributed by atoms with van der Waals surface area (Å²) in [7, 11) is 1.73. The summed E-state index contributed by atoms with van der Waals surface area (Å²) in [6.45, 7) is 7.71. The Kier molecular flexibility index (Phi) is 5.33. The van der Waals surface area contributed by atoms with Gasteiger partial charge in [-0.3, -0.25) is 0 Å². The molecule has 0 radical (unpaired) electrons. The van der Waals surface area contributed by atoms with Gasteiger partial charge in [-0.2, -0.15) is 0 Å². The van der Waals surface area contributed by atoms with Crippen molar-refractivity contribution in [3.8, 4) is 0 Å². The Labute approximate surface area is 119 Å².